The maximum atomic E-state index is 13.4. The highest BCUT2D eigenvalue weighted by Crippen LogP contribution is 2.34. The molecule has 0 fully saturated rings. The minimum Gasteiger partial charge on any atom is -0.266 e. The fourth-order valence-electron chi connectivity index (χ4n) is 2.94. The third-order valence-electron chi connectivity index (χ3n) is 4.39. The van der Waals surface area contributed by atoms with Crippen molar-refractivity contribution in [1.29, 1.82) is 0 Å². The molecule has 0 aliphatic rings. The Morgan fingerprint density at radius 2 is 1.97 bits per heavy atom. The Kier molecular flexibility index (Phi) is 5.55. The van der Waals surface area contributed by atoms with E-state index in [1.165, 1.54) is 11.6 Å². The van der Waals surface area contributed by atoms with Gasteiger partial charge in [-0.15, -0.1) is 11.3 Å². The minimum absolute atomic E-state index is 0.0433. The van der Waals surface area contributed by atoms with Crippen LogP contribution < -0.4 is 5.43 Å². The highest BCUT2D eigenvalue weighted by Gasteiger charge is 2.35. The third-order valence-corrected chi connectivity index (χ3v) is 5.21. The van der Waals surface area contributed by atoms with E-state index in [0.29, 0.717) is 12.0 Å². The lowest BCUT2D eigenvalue weighted by atomic mass is 10.0. The number of hydrazone groups is 1. The number of rotatable bonds is 5. The second kappa shape index (κ2) is 8.31. The lowest BCUT2D eigenvalue weighted by molar-refractivity contribution is -0.141. The van der Waals surface area contributed by atoms with E-state index in [2.05, 4.69) is 20.6 Å². The first-order valence-corrected chi connectivity index (χ1v) is 10.2. The van der Waals surface area contributed by atoms with E-state index < -0.39 is 17.8 Å². The van der Waals surface area contributed by atoms with Gasteiger partial charge in [0.15, 0.2) is 5.69 Å². The van der Waals surface area contributed by atoms with Crippen molar-refractivity contribution in [2.24, 2.45) is 5.10 Å². The van der Waals surface area contributed by atoms with Gasteiger partial charge in [-0.1, -0.05) is 43.3 Å². The fraction of sp³-hybridized carbons (Fsp3) is 0.143. The molecule has 1 N–H and O–H groups in total. The van der Waals surface area contributed by atoms with E-state index >= 15 is 0 Å². The number of nitrogens with zero attached hydrogens (tertiary/aromatic N) is 4. The van der Waals surface area contributed by atoms with Gasteiger partial charge >= 0.3 is 6.18 Å². The summed E-state index contributed by atoms with van der Waals surface area (Å²) in [5.41, 5.74) is 2.11. The Hall–Kier alpha value is -3.53. The van der Waals surface area contributed by atoms with Crippen LogP contribution in [-0.2, 0) is 6.18 Å². The third kappa shape index (κ3) is 4.33. The molecule has 0 saturated carbocycles. The molecular weight excluding hydrogens is 427 g/mol. The molecule has 0 aliphatic heterocycles. The maximum Gasteiger partial charge on any atom is 0.435 e. The topological polar surface area (TPSA) is 72.2 Å². The van der Waals surface area contributed by atoms with Crippen LogP contribution in [0.3, 0.4) is 0 Å². The van der Waals surface area contributed by atoms with Crippen molar-refractivity contribution >= 4 is 34.2 Å². The van der Waals surface area contributed by atoms with Gasteiger partial charge in [0, 0.05) is 17.2 Å². The zero-order valence-electron chi connectivity index (χ0n) is 16.2. The standard InChI is InChI=1S/C21H16F3N5OS/c1-2-9-25-27-19(30)16-12-31-20(26-16)29-17(11-18(28-29)21(22,23)24)15-8-7-13-5-3-4-6-14(13)10-15/h3-12H,2H2,1H3,(H,27,30). The number of alkyl halides is 3. The molecular formula is C21H16F3N5OS. The van der Waals surface area contributed by atoms with Crippen LogP contribution in [0.25, 0.3) is 27.2 Å². The van der Waals surface area contributed by atoms with Gasteiger partial charge in [-0.3, -0.25) is 4.79 Å². The number of hydrogen-bond acceptors (Lipinski definition) is 5. The number of thiazole rings is 1. The summed E-state index contributed by atoms with van der Waals surface area (Å²) in [5, 5.41) is 10.9. The van der Waals surface area contributed by atoms with E-state index in [9.17, 15) is 18.0 Å². The molecule has 4 rings (SSSR count). The van der Waals surface area contributed by atoms with Gasteiger partial charge in [0.25, 0.3) is 5.91 Å². The van der Waals surface area contributed by atoms with Gasteiger partial charge < -0.3 is 0 Å². The van der Waals surface area contributed by atoms with E-state index in [0.717, 1.165) is 32.9 Å². The Balaban J connectivity index is 1.78. The summed E-state index contributed by atoms with van der Waals surface area (Å²) in [4.78, 5) is 16.3. The van der Waals surface area contributed by atoms with Crippen LogP contribution in [0, 0.1) is 0 Å². The molecule has 4 aromatic rings. The summed E-state index contributed by atoms with van der Waals surface area (Å²) < 4.78 is 41.3. The van der Waals surface area contributed by atoms with E-state index in [1.807, 2.05) is 37.3 Å². The molecule has 2 heterocycles. The normalized spacial score (nSPS) is 12.0. The zero-order valence-corrected chi connectivity index (χ0v) is 17.0. The molecule has 0 saturated heterocycles. The van der Waals surface area contributed by atoms with Crippen molar-refractivity contribution in [3.05, 3.63) is 65.3 Å². The number of carbonyl (C=O) groups is 1. The molecule has 0 unspecified atom stereocenters. The van der Waals surface area contributed by atoms with Crippen LogP contribution in [-0.4, -0.2) is 26.9 Å². The number of nitrogens with one attached hydrogen (secondary N) is 1. The van der Waals surface area contributed by atoms with Crippen LogP contribution in [0.1, 0.15) is 29.5 Å². The van der Waals surface area contributed by atoms with Crippen LogP contribution in [0.4, 0.5) is 13.2 Å². The van der Waals surface area contributed by atoms with E-state index in [1.54, 1.807) is 12.1 Å². The summed E-state index contributed by atoms with van der Waals surface area (Å²) in [5.74, 6) is -0.553. The molecule has 0 spiro atoms. The minimum atomic E-state index is -4.62. The molecule has 0 aliphatic carbocycles. The molecule has 31 heavy (non-hydrogen) atoms. The second-order valence-electron chi connectivity index (χ2n) is 6.56. The lowest BCUT2D eigenvalue weighted by Gasteiger charge is -2.06. The fourth-order valence-corrected chi connectivity index (χ4v) is 3.71. The van der Waals surface area contributed by atoms with Gasteiger partial charge in [-0.05, 0) is 29.3 Å². The van der Waals surface area contributed by atoms with E-state index in [4.69, 9.17) is 0 Å². The quantitative estimate of drug-likeness (QED) is 0.336. The summed E-state index contributed by atoms with van der Waals surface area (Å²) in [6.07, 6.45) is -2.46. The van der Waals surface area contributed by atoms with Crippen molar-refractivity contribution in [3.63, 3.8) is 0 Å². The molecule has 1 amide bonds. The first-order valence-electron chi connectivity index (χ1n) is 9.31. The molecule has 0 radical (unpaired) electrons. The molecule has 6 nitrogen and oxygen atoms in total. The number of benzene rings is 2. The molecule has 0 bridgehead atoms. The zero-order chi connectivity index (χ0) is 22.0. The second-order valence-corrected chi connectivity index (χ2v) is 7.40. The van der Waals surface area contributed by atoms with Crippen LogP contribution in [0.5, 0.6) is 0 Å². The van der Waals surface area contributed by atoms with Gasteiger partial charge in [-0.25, -0.2) is 15.1 Å². The number of fused-ring (bicyclic) bond motifs is 1. The average Bonchev–Trinajstić information content (AvgIpc) is 3.40. The largest absolute Gasteiger partial charge is 0.435 e. The first kappa shape index (κ1) is 20.7. The Morgan fingerprint density at radius 3 is 2.71 bits per heavy atom. The van der Waals surface area contributed by atoms with Crippen molar-refractivity contribution in [1.82, 2.24) is 20.2 Å². The number of aromatic nitrogens is 3. The molecule has 2 aromatic carbocycles. The highest BCUT2D eigenvalue weighted by molar-refractivity contribution is 7.12. The summed E-state index contributed by atoms with van der Waals surface area (Å²) in [6.45, 7) is 1.86. The van der Waals surface area contributed by atoms with Crippen LogP contribution >= 0.6 is 11.3 Å². The van der Waals surface area contributed by atoms with Crippen molar-refractivity contribution in [2.75, 3.05) is 0 Å². The van der Waals surface area contributed by atoms with Gasteiger partial charge in [0.2, 0.25) is 5.13 Å². The maximum absolute atomic E-state index is 13.4. The predicted octanol–water partition coefficient (Wildman–Crippen LogP) is 5.29. The number of carbonyl (C=O) groups excluding carboxylic acids is 1. The SMILES string of the molecule is CCC=NNC(=O)c1csc(-n2nc(C(F)(F)F)cc2-c2ccc3ccccc3c2)n1. The number of halogens is 3. The molecule has 0 atom stereocenters. The average molecular weight is 443 g/mol. The Bertz CT molecular complexity index is 1280. The summed E-state index contributed by atoms with van der Waals surface area (Å²) in [7, 11) is 0. The smallest absolute Gasteiger partial charge is 0.266 e. The number of hydrogen-bond donors (Lipinski definition) is 1. The van der Waals surface area contributed by atoms with Gasteiger partial charge in [-0.2, -0.15) is 23.4 Å². The van der Waals surface area contributed by atoms with Crippen LogP contribution in [0.15, 0.2) is 59.0 Å². The van der Waals surface area contributed by atoms with E-state index in [-0.39, 0.29) is 16.5 Å². The monoisotopic (exact) mass is 443 g/mol. The Labute approximate surface area is 179 Å². The summed E-state index contributed by atoms with van der Waals surface area (Å²) >= 11 is 1.02. The van der Waals surface area contributed by atoms with Gasteiger partial charge in [0.1, 0.15) is 5.69 Å². The van der Waals surface area contributed by atoms with Gasteiger partial charge in [0.05, 0.1) is 5.69 Å². The molecule has 158 valence electrons. The summed E-state index contributed by atoms with van der Waals surface area (Å²) in [6, 6.07) is 13.9. The highest BCUT2D eigenvalue weighted by atomic mass is 32.1. The molecule has 2 aromatic heterocycles. The molecule has 10 heteroatoms. The number of amides is 1. The van der Waals surface area contributed by atoms with Crippen molar-refractivity contribution in [3.8, 4) is 16.4 Å². The lowest BCUT2D eigenvalue weighted by Crippen LogP contribution is -2.18. The Morgan fingerprint density at radius 1 is 1.19 bits per heavy atom. The van der Waals surface area contributed by atoms with Crippen molar-refractivity contribution in [2.45, 2.75) is 19.5 Å². The predicted molar refractivity (Wildman–Crippen MR) is 113 cm³/mol. The van der Waals surface area contributed by atoms with Crippen molar-refractivity contribution < 1.29 is 18.0 Å². The first-order chi connectivity index (χ1) is 14.9. The van der Waals surface area contributed by atoms with Crippen LogP contribution in [0.2, 0.25) is 0 Å².